The third-order valence-corrected chi connectivity index (χ3v) is 3.14. The van der Waals surface area contributed by atoms with E-state index >= 15 is 0 Å². The SMILES string of the molecule is CN=C(NC)N1CC=C(CCNC(=O)OCC(Cl)(Cl)Cl)C1. The summed E-state index contributed by atoms with van der Waals surface area (Å²) < 4.78 is 3.17. The van der Waals surface area contributed by atoms with Crippen LogP contribution >= 0.6 is 34.8 Å². The lowest BCUT2D eigenvalue weighted by molar-refractivity contribution is 0.148. The van der Waals surface area contributed by atoms with E-state index in [9.17, 15) is 4.79 Å². The van der Waals surface area contributed by atoms with Gasteiger partial charge in [0, 0.05) is 33.7 Å². The predicted octanol–water partition coefficient (Wildman–Crippen LogP) is 1.92. The van der Waals surface area contributed by atoms with Gasteiger partial charge >= 0.3 is 6.09 Å². The molecule has 0 saturated carbocycles. The first-order chi connectivity index (χ1) is 9.85. The van der Waals surface area contributed by atoms with Crippen LogP contribution in [0.2, 0.25) is 0 Å². The molecule has 0 aromatic carbocycles. The average Bonchev–Trinajstić information content (AvgIpc) is 2.86. The summed E-state index contributed by atoms with van der Waals surface area (Å²) in [5.74, 6) is 0.844. The van der Waals surface area contributed by atoms with E-state index in [-0.39, 0.29) is 6.61 Å². The highest BCUT2D eigenvalue weighted by Crippen LogP contribution is 2.25. The minimum Gasteiger partial charge on any atom is -0.445 e. The Morgan fingerprint density at radius 3 is 2.81 bits per heavy atom. The molecule has 6 nitrogen and oxygen atoms in total. The van der Waals surface area contributed by atoms with Crippen molar-refractivity contribution >= 4 is 46.9 Å². The number of alkyl halides is 3. The number of nitrogens with zero attached hydrogens (tertiary/aromatic N) is 2. The summed E-state index contributed by atoms with van der Waals surface area (Å²) in [6, 6.07) is 0. The molecule has 1 aliphatic rings. The minimum atomic E-state index is -1.59. The second-order valence-electron chi connectivity index (χ2n) is 4.41. The van der Waals surface area contributed by atoms with Crippen LogP contribution in [0.3, 0.4) is 0 Å². The summed E-state index contributed by atoms with van der Waals surface area (Å²) in [6.45, 7) is 1.79. The molecule has 0 aliphatic carbocycles. The Balaban J connectivity index is 2.21. The Labute approximate surface area is 139 Å². The zero-order valence-electron chi connectivity index (χ0n) is 12.0. The van der Waals surface area contributed by atoms with Crippen molar-refractivity contribution in [2.75, 3.05) is 40.3 Å². The number of alkyl carbamates (subject to hydrolysis) is 1. The third-order valence-electron chi connectivity index (χ3n) is 2.81. The molecule has 120 valence electrons. The Bertz CT molecular complexity index is 421. The fourth-order valence-corrected chi connectivity index (χ4v) is 2.05. The van der Waals surface area contributed by atoms with Crippen LogP contribution in [0.25, 0.3) is 0 Å². The summed E-state index contributed by atoms with van der Waals surface area (Å²) in [5.41, 5.74) is 1.23. The Kier molecular flexibility index (Phi) is 7.42. The molecule has 0 fully saturated rings. The van der Waals surface area contributed by atoms with Crippen molar-refractivity contribution in [2.45, 2.75) is 10.2 Å². The van der Waals surface area contributed by atoms with E-state index in [0.29, 0.717) is 6.54 Å². The zero-order chi connectivity index (χ0) is 15.9. The van der Waals surface area contributed by atoms with E-state index in [0.717, 1.165) is 25.5 Å². The topological polar surface area (TPSA) is 66.0 Å². The van der Waals surface area contributed by atoms with Gasteiger partial charge in [-0.15, -0.1) is 0 Å². The largest absolute Gasteiger partial charge is 0.445 e. The molecular formula is C12H19Cl3N4O2. The van der Waals surface area contributed by atoms with Gasteiger partial charge in [-0.2, -0.15) is 0 Å². The van der Waals surface area contributed by atoms with Gasteiger partial charge in [-0.1, -0.05) is 46.5 Å². The summed E-state index contributed by atoms with van der Waals surface area (Å²) in [7, 11) is 3.58. The van der Waals surface area contributed by atoms with Crippen molar-refractivity contribution in [1.82, 2.24) is 15.5 Å². The molecule has 0 spiro atoms. The maximum atomic E-state index is 11.4. The normalized spacial score (nSPS) is 15.8. The number of halogens is 3. The van der Waals surface area contributed by atoms with Crippen LogP contribution in [-0.4, -0.2) is 61.1 Å². The van der Waals surface area contributed by atoms with Crippen LogP contribution in [-0.2, 0) is 4.74 Å². The van der Waals surface area contributed by atoms with Gasteiger partial charge in [-0.25, -0.2) is 4.79 Å². The van der Waals surface area contributed by atoms with Gasteiger partial charge in [0.05, 0.1) is 0 Å². The molecule has 0 atom stereocenters. The highest BCUT2D eigenvalue weighted by molar-refractivity contribution is 6.67. The Hall–Kier alpha value is -0.850. The van der Waals surface area contributed by atoms with E-state index in [2.05, 4.69) is 26.6 Å². The molecule has 1 heterocycles. The zero-order valence-corrected chi connectivity index (χ0v) is 14.2. The van der Waals surface area contributed by atoms with Gasteiger partial charge in [-0.05, 0) is 6.42 Å². The standard InChI is InChI=1S/C12H19Cl3N4O2/c1-16-10(17-2)19-6-4-9(7-19)3-5-18-11(20)21-8-12(13,14)15/h4H,3,5-8H2,1-2H3,(H,16,17)(H,18,20). The fraction of sp³-hybridized carbons (Fsp3) is 0.667. The highest BCUT2D eigenvalue weighted by Gasteiger charge is 2.22. The molecular weight excluding hydrogens is 339 g/mol. The molecule has 1 amide bonds. The number of carbonyl (C=O) groups excluding carboxylic acids is 1. The number of carbonyl (C=O) groups is 1. The van der Waals surface area contributed by atoms with Crippen molar-refractivity contribution in [2.24, 2.45) is 4.99 Å². The van der Waals surface area contributed by atoms with Crippen LogP contribution in [0.15, 0.2) is 16.6 Å². The average molecular weight is 358 g/mol. The quantitative estimate of drug-likeness (QED) is 0.349. The Morgan fingerprint density at radius 1 is 1.52 bits per heavy atom. The maximum Gasteiger partial charge on any atom is 0.407 e. The smallest absolute Gasteiger partial charge is 0.407 e. The van der Waals surface area contributed by atoms with Crippen molar-refractivity contribution in [3.63, 3.8) is 0 Å². The molecule has 0 unspecified atom stereocenters. The van der Waals surface area contributed by atoms with Crippen molar-refractivity contribution in [3.05, 3.63) is 11.6 Å². The number of amides is 1. The maximum absolute atomic E-state index is 11.4. The van der Waals surface area contributed by atoms with Crippen molar-refractivity contribution < 1.29 is 9.53 Å². The first kappa shape index (κ1) is 18.2. The number of nitrogens with one attached hydrogen (secondary N) is 2. The first-order valence-corrected chi connectivity index (χ1v) is 7.54. The molecule has 1 aliphatic heterocycles. The minimum absolute atomic E-state index is 0.279. The lowest BCUT2D eigenvalue weighted by Gasteiger charge is -2.19. The number of aliphatic imine (C=N–C) groups is 1. The van der Waals surface area contributed by atoms with Gasteiger partial charge < -0.3 is 20.3 Å². The second kappa shape index (κ2) is 8.56. The number of guanidine groups is 1. The van der Waals surface area contributed by atoms with Crippen LogP contribution in [0.5, 0.6) is 0 Å². The van der Waals surface area contributed by atoms with E-state index in [1.807, 2.05) is 7.05 Å². The first-order valence-electron chi connectivity index (χ1n) is 6.40. The summed E-state index contributed by atoms with van der Waals surface area (Å²) >= 11 is 16.4. The van der Waals surface area contributed by atoms with Gasteiger partial charge in [0.2, 0.25) is 3.79 Å². The monoisotopic (exact) mass is 356 g/mol. The van der Waals surface area contributed by atoms with E-state index in [1.165, 1.54) is 5.57 Å². The molecule has 0 aromatic rings. The van der Waals surface area contributed by atoms with Crippen molar-refractivity contribution in [1.29, 1.82) is 0 Å². The molecule has 2 N–H and O–H groups in total. The van der Waals surface area contributed by atoms with Gasteiger partial charge in [0.25, 0.3) is 0 Å². The van der Waals surface area contributed by atoms with E-state index in [1.54, 1.807) is 7.05 Å². The summed E-state index contributed by atoms with van der Waals surface area (Å²) in [4.78, 5) is 17.6. The van der Waals surface area contributed by atoms with Crippen LogP contribution in [0.4, 0.5) is 4.79 Å². The van der Waals surface area contributed by atoms with Crippen LogP contribution in [0, 0.1) is 0 Å². The number of rotatable bonds is 4. The Morgan fingerprint density at radius 2 is 2.24 bits per heavy atom. The van der Waals surface area contributed by atoms with Gasteiger partial charge in [0.1, 0.15) is 6.61 Å². The lowest BCUT2D eigenvalue weighted by atomic mass is 10.2. The number of hydrogen-bond acceptors (Lipinski definition) is 3. The molecule has 0 bridgehead atoms. The molecule has 9 heteroatoms. The van der Waals surface area contributed by atoms with Crippen molar-refractivity contribution in [3.8, 4) is 0 Å². The number of ether oxygens (including phenoxy) is 1. The summed E-state index contributed by atoms with van der Waals surface area (Å²) in [6.07, 6.45) is 2.26. The predicted molar refractivity (Wildman–Crippen MR) is 86.3 cm³/mol. The highest BCUT2D eigenvalue weighted by atomic mass is 35.6. The lowest BCUT2D eigenvalue weighted by Crippen LogP contribution is -2.38. The summed E-state index contributed by atoms with van der Waals surface area (Å²) in [5, 5.41) is 5.65. The van der Waals surface area contributed by atoms with E-state index in [4.69, 9.17) is 39.5 Å². The molecule has 0 radical (unpaired) electrons. The van der Waals surface area contributed by atoms with Crippen LogP contribution in [0.1, 0.15) is 6.42 Å². The third kappa shape index (κ3) is 7.11. The molecule has 21 heavy (non-hydrogen) atoms. The van der Waals surface area contributed by atoms with E-state index < -0.39 is 9.89 Å². The molecule has 0 saturated heterocycles. The van der Waals surface area contributed by atoms with Gasteiger partial charge in [-0.3, -0.25) is 4.99 Å². The number of hydrogen-bond donors (Lipinski definition) is 2. The van der Waals surface area contributed by atoms with Gasteiger partial charge in [0.15, 0.2) is 5.96 Å². The molecule has 1 rings (SSSR count). The fourth-order valence-electron chi connectivity index (χ4n) is 1.89. The molecule has 0 aromatic heterocycles. The second-order valence-corrected chi connectivity index (χ2v) is 6.92. The van der Waals surface area contributed by atoms with Crippen LogP contribution < -0.4 is 10.6 Å².